The number of thioether (sulfide) groups is 1. The fourth-order valence-electron chi connectivity index (χ4n) is 2.78. The normalized spacial score (nSPS) is 16.5. The third-order valence-electron chi connectivity index (χ3n) is 4.54. The smallest absolute Gasteiger partial charge is 0.293 e. The zero-order chi connectivity index (χ0) is 22.0. The molecule has 2 amide bonds. The van der Waals surface area contributed by atoms with E-state index in [0.29, 0.717) is 42.2 Å². The molecule has 0 N–H and O–H groups in total. The SMILES string of the molecule is CC[C@H](C)N1C(=O)S/C(=C/c2cc(Cl)c(OCc3ccc(Cl)c(Cl)c3)c(Br)c2)C1=O. The van der Waals surface area contributed by atoms with Gasteiger partial charge in [0.2, 0.25) is 0 Å². The molecule has 0 unspecified atom stereocenters. The van der Waals surface area contributed by atoms with Gasteiger partial charge in [-0.15, -0.1) is 0 Å². The second-order valence-electron chi connectivity index (χ2n) is 6.66. The van der Waals surface area contributed by atoms with Gasteiger partial charge < -0.3 is 4.74 Å². The first kappa shape index (κ1) is 23.5. The highest BCUT2D eigenvalue weighted by molar-refractivity contribution is 9.10. The van der Waals surface area contributed by atoms with E-state index in [1.54, 1.807) is 30.3 Å². The van der Waals surface area contributed by atoms with E-state index in [1.807, 2.05) is 19.9 Å². The van der Waals surface area contributed by atoms with Gasteiger partial charge in [0.15, 0.2) is 5.75 Å². The minimum absolute atomic E-state index is 0.143. The molecule has 1 aliphatic heterocycles. The molecule has 0 aromatic heterocycles. The summed E-state index contributed by atoms with van der Waals surface area (Å²) in [4.78, 5) is 26.4. The maximum absolute atomic E-state index is 12.6. The summed E-state index contributed by atoms with van der Waals surface area (Å²) < 4.78 is 6.47. The third kappa shape index (κ3) is 5.17. The van der Waals surface area contributed by atoms with E-state index in [9.17, 15) is 9.59 Å². The summed E-state index contributed by atoms with van der Waals surface area (Å²) in [6, 6.07) is 8.58. The number of rotatable bonds is 6. The molecule has 0 saturated carbocycles. The number of carbonyl (C=O) groups is 2. The van der Waals surface area contributed by atoms with Crippen molar-refractivity contribution in [2.24, 2.45) is 0 Å². The Bertz CT molecular complexity index is 1020. The molecule has 0 bridgehead atoms. The number of hydrogen-bond acceptors (Lipinski definition) is 4. The number of imide groups is 1. The predicted molar refractivity (Wildman–Crippen MR) is 128 cm³/mol. The van der Waals surface area contributed by atoms with Gasteiger partial charge in [0, 0.05) is 6.04 Å². The number of ether oxygens (including phenoxy) is 1. The Kier molecular flexibility index (Phi) is 7.80. The van der Waals surface area contributed by atoms with Crippen molar-refractivity contribution in [1.82, 2.24) is 4.90 Å². The fourth-order valence-corrected chi connectivity index (χ4v) is 5.02. The highest BCUT2D eigenvalue weighted by atomic mass is 79.9. The van der Waals surface area contributed by atoms with Gasteiger partial charge >= 0.3 is 0 Å². The maximum atomic E-state index is 12.6. The number of carbonyl (C=O) groups excluding carboxylic acids is 2. The van der Waals surface area contributed by atoms with Crippen LogP contribution in [0.5, 0.6) is 5.75 Å². The van der Waals surface area contributed by atoms with Gasteiger partial charge in [-0.05, 0) is 82.5 Å². The van der Waals surface area contributed by atoms with Crippen LogP contribution in [0.15, 0.2) is 39.7 Å². The number of benzene rings is 2. The van der Waals surface area contributed by atoms with Crippen molar-refractivity contribution in [2.75, 3.05) is 0 Å². The second-order valence-corrected chi connectivity index (χ2v) is 9.73. The first-order valence-corrected chi connectivity index (χ1v) is 11.8. The quantitative estimate of drug-likeness (QED) is 0.345. The molecule has 4 nitrogen and oxygen atoms in total. The Balaban J connectivity index is 1.79. The molecule has 2 aromatic carbocycles. The molecule has 30 heavy (non-hydrogen) atoms. The van der Waals surface area contributed by atoms with Gasteiger partial charge in [-0.2, -0.15) is 0 Å². The molecule has 1 heterocycles. The molecule has 3 rings (SSSR count). The van der Waals surface area contributed by atoms with Crippen LogP contribution in [0.3, 0.4) is 0 Å². The average Bonchev–Trinajstić information content (AvgIpc) is 2.96. The van der Waals surface area contributed by atoms with Crippen LogP contribution >= 0.6 is 62.5 Å². The van der Waals surface area contributed by atoms with Crippen LogP contribution in [-0.2, 0) is 11.4 Å². The number of halogens is 4. The summed E-state index contributed by atoms with van der Waals surface area (Å²) in [7, 11) is 0. The Hall–Kier alpha value is -1.18. The van der Waals surface area contributed by atoms with Crippen molar-refractivity contribution < 1.29 is 14.3 Å². The third-order valence-corrected chi connectivity index (χ3v) is 7.03. The van der Waals surface area contributed by atoms with Crippen molar-refractivity contribution in [3.05, 3.63) is 65.9 Å². The van der Waals surface area contributed by atoms with Crippen molar-refractivity contribution in [3.63, 3.8) is 0 Å². The van der Waals surface area contributed by atoms with Gasteiger partial charge in [-0.3, -0.25) is 14.5 Å². The molecule has 0 aliphatic carbocycles. The number of amides is 2. The van der Waals surface area contributed by atoms with Gasteiger partial charge in [-0.1, -0.05) is 47.8 Å². The summed E-state index contributed by atoms with van der Waals surface area (Å²) in [5.74, 6) is 0.180. The molecular weight excluding hydrogens is 533 g/mol. The van der Waals surface area contributed by atoms with Crippen LogP contribution in [0, 0.1) is 0 Å². The standard InChI is InChI=1S/C21H17BrCl3NO3S/c1-3-11(2)26-20(27)18(30-21(26)28)9-13-6-14(22)19(17(25)8-13)29-10-12-4-5-15(23)16(24)7-12/h4-9,11H,3,10H2,1-2H3/b18-9+/t11-/m0/s1. The van der Waals surface area contributed by atoms with Crippen molar-refractivity contribution in [2.45, 2.75) is 32.9 Å². The van der Waals surface area contributed by atoms with E-state index < -0.39 is 0 Å². The van der Waals surface area contributed by atoms with Gasteiger partial charge in [-0.25, -0.2) is 0 Å². The van der Waals surface area contributed by atoms with Crippen molar-refractivity contribution in [3.8, 4) is 5.75 Å². The molecule has 0 spiro atoms. The highest BCUT2D eigenvalue weighted by Crippen LogP contribution is 2.38. The Morgan fingerprint density at radius 2 is 1.87 bits per heavy atom. The van der Waals surface area contributed by atoms with Crippen molar-refractivity contribution in [1.29, 1.82) is 0 Å². The molecule has 1 fully saturated rings. The molecule has 158 valence electrons. The van der Waals surface area contributed by atoms with Gasteiger partial charge in [0.05, 0.1) is 24.4 Å². The van der Waals surface area contributed by atoms with E-state index in [0.717, 1.165) is 17.3 Å². The highest BCUT2D eigenvalue weighted by Gasteiger charge is 2.37. The fraction of sp³-hybridized carbons (Fsp3) is 0.238. The molecule has 1 aliphatic rings. The lowest BCUT2D eigenvalue weighted by Crippen LogP contribution is -2.36. The lowest BCUT2D eigenvalue weighted by Gasteiger charge is -2.19. The van der Waals surface area contributed by atoms with Crippen LogP contribution in [0.4, 0.5) is 4.79 Å². The van der Waals surface area contributed by atoms with Crippen LogP contribution in [0.1, 0.15) is 31.4 Å². The van der Waals surface area contributed by atoms with Crippen molar-refractivity contribution >= 4 is 79.7 Å². The summed E-state index contributed by atoms with van der Waals surface area (Å²) in [5.41, 5.74) is 1.53. The van der Waals surface area contributed by atoms with E-state index in [1.165, 1.54) is 4.90 Å². The Morgan fingerprint density at radius 3 is 2.50 bits per heavy atom. The molecule has 9 heteroatoms. The minimum atomic E-state index is -0.286. The molecule has 0 radical (unpaired) electrons. The van der Waals surface area contributed by atoms with Crippen LogP contribution in [-0.4, -0.2) is 22.1 Å². The van der Waals surface area contributed by atoms with E-state index in [-0.39, 0.29) is 23.8 Å². The Labute approximate surface area is 202 Å². The zero-order valence-electron chi connectivity index (χ0n) is 16.0. The minimum Gasteiger partial charge on any atom is -0.486 e. The Morgan fingerprint density at radius 1 is 1.13 bits per heavy atom. The summed E-state index contributed by atoms with van der Waals surface area (Å²) >= 11 is 22.8. The zero-order valence-corrected chi connectivity index (χ0v) is 20.7. The largest absolute Gasteiger partial charge is 0.486 e. The second kappa shape index (κ2) is 9.96. The molecule has 1 saturated heterocycles. The predicted octanol–water partition coefficient (Wildman–Crippen LogP) is 7.82. The van der Waals surface area contributed by atoms with Gasteiger partial charge in [0.25, 0.3) is 11.1 Å². The molecule has 1 atom stereocenters. The first-order valence-electron chi connectivity index (χ1n) is 9.04. The van der Waals surface area contributed by atoms with E-state index in [4.69, 9.17) is 39.5 Å². The summed E-state index contributed by atoms with van der Waals surface area (Å²) in [6.07, 6.45) is 2.36. The lowest BCUT2D eigenvalue weighted by atomic mass is 10.2. The number of hydrogen-bond donors (Lipinski definition) is 0. The average molecular weight is 550 g/mol. The molecular formula is C21H17BrCl3NO3S. The van der Waals surface area contributed by atoms with Crippen LogP contribution in [0.25, 0.3) is 6.08 Å². The monoisotopic (exact) mass is 547 g/mol. The first-order chi connectivity index (χ1) is 14.2. The van der Waals surface area contributed by atoms with Crippen LogP contribution < -0.4 is 4.74 Å². The van der Waals surface area contributed by atoms with Gasteiger partial charge in [0.1, 0.15) is 6.61 Å². The summed E-state index contributed by atoms with van der Waals surface area (Å²) in [5, 5.41) is 1.04. The lowest BCUT2D eigenvalue weighted by molar-refractivity contribution is -0.124. The van der Waals surface area contributed by atoms with E-state index >= 15 is 0 Å². The van der Waals surface area contributed by atoms with E-state index in [2.05, 4.69) is 15.9 Å². The topological polar surface area (TPSA) is 46.6 Å². The summed E-state index contributed by atoms with van der Waals surface area (Å²) in [6.45, 7) is 4.04. The van der Waals surface area contributed by atoms with Crippen LogP contribution in [0.2, 0.25) is 15.1 Å². The maximum Gasteiger partial charge on any atom is 0.293 e. The molecule has 2 aromatic rings. The number of nitrogens with zero attached hydrogens (tertiary/aromatic N) is 1.